The highest BCUT2D eigenvalue weighted by molar-refractivity contribution is 7.18. The van der Waals surface area contributed by atoms with Crippen LogP contribution in [0.5, 0.6) is 0 Å². The van der Waals surface area contributed by atoms with E-state index in [1.165, 1.54) is 23.7 Å². The maximum absolute atomic E-state index is 13.6. The highest BCUT2D eigenvalue weighted by Crippen LogP contribution is 2.30. The van der Waals surface area contributed by atoms with Crippen molar-refractivity contribution in [2.45, 2.75) is 0 Å². The molecule has 0 radical (unpaired) electrons. The molecule has 2 heterocycles. The van der Waals surface area contributed by atoms with Gasteiger partial charge in [0.2, 0.25) is 0 Å². The summed E-state index contributed by atoms with van der Waals surface area (Å²) >= 11 is 2.75. The predicted octanol–water partition coefficient (Wildman–Crippen LogP) is 4.21. The highest BCUT2D eigenvalue weighted by atomic mass is 32.1. The lowest BCUT2D eigenvalue weighted by atomic mass is 10.2. The molecule has 0 amide bonds. The smallest absolute Gasteiger partial charge is 0.176 e. The molecule has 6 heteroatoms. The van der Waals surface area contributed by atoms with E-state index >= 15 is 0 Å². The number of hydrogen-bond acceptors (Lipinski definition) is 4. The molecular weight excluding hydrogens is 274 g/mol. The number of aromatic nitrogens is 2. The molecule has 0 spiro atoms. The summed E-state index contributed by atoms with van der Waals surface area (Å²) in [5.74, 6) is -0.962. The SMILES string of the molecule is Fc1ccc(-c2nsc(-c3cccs3)n2)c(F)c1. The molecule has 90 valence electrons. The van der Waals surface area contributed by atoms with Crippen LogP contribution < -0.4 is 0 Å². The summed E-state index contributed by atoms with van der Waals surface area (Å²) in [6.45, 7) is 0. The van der Waals surface area contributed by atoms with E-state index in [4.69, 9.17) is 0 Å². The second kappa shape index (κ2) is 4.55. The molecule has 3 aromatic rings. The van der Waals surface area contributed by atoms with Crippen LogP contribution in [-0.4, -0.2) is 9.36 Å². The van der Waals surface area contributed by atoms with Crippen LogP contribution in [0, 0.1) is 11.6 Å². The monoisotopic (exact) mass is 280 g/mol. The number of hydrogen-bond donors (Lipinski definition) is 0. The molecule has 18 heavy (non-hydrogen) atoms. The van der Waals surface area contributed by atoms with Crippen LogP contribution in [-0.2, 0) is 0 Å². The van der Waals surface area contributed by atoms with Gasteiger partial charge in [-0.3, -0.25) is 0 Å². The summed E-state index contributed by atoms with van der Waals surface area (Å²) in [5.41, 5.74) is 0.218. The Hall–Kier alpha value is -1.66. The van der Waals surface area contributed by atoms with Gasteiger partial charge in [0.25, 0.3) is 0 Å². The summed E-state index contributed by atoms with van der Waals surface area (Å²) in [7, 11) is 0. The topological polar surface area (TPSA) is 25.8 Å². The van der Waals surface area contributed by atoms with Crippen molar-refractivity contribution in [1.82, 2.24) is 9.36 Å². The second-order valence-corrected chi connectivity index (χ2v) is 5.22. The van der Waals surface area contributed by atoms with E-state index in [0.29, 0.717) is 5.82 Å². The largest absolute Gasteiger partial charge is 0.214 e. The van der Waals surface area contributed by atoms with Crippen molar-refractivity contribution in [3.63, 3.8) is 0 Å². The molecule has 0 aliphatic carbocycles. The Morgan fingerprint density at radius 1 is 1.11 bits per heavy atom. The minimum Gasteiger partial charge on any atom is -0.214 e. The fourth-order valence-corrected chi connectivity index (χ4v) is 2.96. The molecule has 0 aliphatic rings. The Balaban J connectivity index is 2.03. The number of halogens is 2. The molecule has 0 atom stereocenters. The molecule has 0 bridgehead atoms. The van der Waals surface area contributed by atoms with Crippen molar-refractivity contribution in [3.8, 4) is 21.3 Å². The van der Waals surface area contributed by atoms with E-state index in [9.17, 15) is 8.78 Å². The number of thiophene rings is 1. The van der Waals surface area contributed by atoms with E-state index in [1.807, 2.05) is 17.5 Å². The van der Waals surface area contributed by atoms with Crippen molar-refractivity contribution < 1.29 is 8.78 Å². The Morgan fingerprint density at radius 2 is 2.00 bits per heavy atom. The third-order valence-electron chi connectivity index (χ3n) is 2.33. The normalized spacial score (nSPS) is 10.8. The van der Waals surface area contributed by atoms with E-state index in [2.05, 4.69) is 9.36 Å². The lowest BCUT2D eigenvalue weighted by Crippen LogP contribution is -1.87. The molecule has 3 rings (SSSR count). The number of rotatable bonds is 2. The van der Waals surface area contributed by atoms with E-state index in [-0.39, 0.29) is 5.56 Å². The van der Waals surface area contributed by atoms with Crippen LogP contribution in [0.25, 0.3) is 21.3 Å². The average Bonchev–Trinajstić information content (AvgIpc) is 2.99. The molecule has 0 N–H and O–H groups in total. The van der Waals surface area contributed by atoms with Gasteiger partial charge in [-0.05, 0) is 35.1 Å². The Kier molecular flexibility index (Phi) is 2.89. The second-order valence-electron chi connectivity index (χ2n) is 3.52. The molecule has 0 aliphatic heterocycles. The van der Waals surface area contributed by atoms with Crippen LogP contribution in [0.4, 0.5) is 8.78 Å². The van der Waals surface area contributed by atoms with Crippen molar-refractivity contribution >= 4 is 22.9 Å². The summed E-state index contributed by atoms with van der Waals surface area (Å²) < 4.78 is 30.5. The molecule has 0 unspecified atom stereocenters. The molecule has 0 saturated carbocycles. The quantitative estimate of drug-likeness (QED) is 0.702. The maximum atomic E-state index is 13.6. The van der Waals surface area contributed by atoms with E-state index in [1.54, 1.807) is 11.3 Å². The van der Waals surface area contributed by atoms with E-state index < -0.39 is 11.6 Å². The van der Waals surface area contributed by atoms with Gasteiger partial charge in [0.05, 0.1) is 10.4 Å². The average molecular weight is 280 g/mol. The molecular formula is C12H6F2N2S2. The summed E-state index contributed by atoms with van der Waals surface area (Å²) in [4.78, 5) is 5.26. The van der Waals surface area contributed by atoms with Crippen LogP contribution >= 0.6 is 22.9 Å². The van der Waals surface area contributed by atoms with Crippen LogP contribution in [0.2, 0.25) is 0 Å². The van der Waals surface area contributed by atoms with E-state index in [0.717, 1.165) is 16.0 Å². The molecule has 0 saturated heterocycles. The van der Waals surface area contributed by atoms with Crippen molar-refractivity contribution in [2.24, 2.45) is 0 Å². The Morgan fingerprint density at radius 3 is 2.72 bits per heavy atom. The molecule has 0 fully saturated rings. The fourth-order valence-electron chi connectivity index (χ4n) is 1.50. The first-order valence-corrected chi connectivity index (χ1v) is 6.72. The third-order valence-corrected chi connectivity index (χ3v) is 4.08. The lowest BCUT2D eigenvalue weighted by molar-refractivity contribution is 0.585. The van der Waals surface area contributed by atoms with Crippen molar-refractivity contribution in [1.29, 1.82) is 0 Å². The predicted molar refractivity (Wildman–Crippen MR) is 68.6 cm³/mol. The van der Waals surface area contributed by atoms with Crippen LogP contribution in [0.1, 0.15) is 0 Å². The van der Waals surface area contributed by atoms with Gasteiger partial charge in [-0.2, -0.15) is 4.37 Å². The summed E-state index contributed by atoms with van der Waals surface area (Å²) in [5, 5.41) is 2.68. The zero-order valence-electron chi connectivity index (χ0n) is 8.93. The lowest BCUT2D eigenvalue weighted by Gasteiger charge is -1.97. The van der Waals surface area contributed by atoms with Crippen molar-refractivity contribution in [2.75, 3.05) is 0 Å². The first-order valence-electron chi connectivity index (χ1n) is 5.07. The molecule has 2 nitrogen and oxygen atoms in total. The van der Waals surface area contributed by atoms with Gasteiger partial charge < -0.3 is 0 Å². The van der Waals surface area contributed by atoms with Gasteiger partial charge in [0.15, 0.2) is 10.8 Å². The first kappa shape index (κ1) is 11.4. The number of nitrogens with zero attached hydrogens (tertiary/aromatic N) is 2. The van der Waals surface area contributed by atoms with Gasteiger partial charge in [-0.15, -0.1) is 11.3 Å². The maximum Gasteiger partial charge on any atom is 0.176 e. The summed E-state index contributed by atoms with van der Waals surface area (Å²) in [6.07, 6.45) is 0. The zero-order chi connectivity index (χ0) is 12.5. The van der Waals surface area contributed by atoms with Crippen molar-refractivity contribution in [3.05, 3.63) is 47.3 Å². The fraction of sp³-hybridized carbons (Fsp3) is 0. The van der Waals surface area contributed by atoms with Crippen LogP contribution in [0.3, 0.4) is 0 Å². The Bertz CT molecular complexity index is 677. The Labute approximate surface area is 110 Å². The van der Waals surface area contributed by atoms with Gasteiger partial charge in [0.1, 0.15) is 11.6 Å². The standard InChI is InChI=1S/C12H6F2N2S2/c13-7-3-4-8(9(14)6-7)11-15-12(18-16-11)10-2-1-5-17-10/h1-6H. The van der Waals surface area contributed by atoms with Gasteiger partial charge >= 0.3 is 0 Å². The zero-order valence-corrected chi connectivity index (χ0v) is 10.6. The minimum absolute atomic E-state index is 0.218. The number of benzene rings is 1. The van der Waals surface area contributed by atoms with Gasteiger partial charge in [-0.1, -0.05) is 6.07 Å². The first-order chi connectivity index (χ1) is 8.74. The van der Waals surface area contributed by atoms with Gasteiger partial charge in [0, 0.05) is 6.07 Å². The molecule has 1 aromatic carbocycles. The van der Waals surface area contributed by atoms with Crippen LogP contribution in [0.15, 0.2) is 35.7 Å². The third kappa shape index (κ3) is 2.04. The highest BCUT2D eigenvalue weighted by Gasteiger charge is 2.13. The molecule has 2 aromatic heterocycles. The van der Waals surface area contributed by atoms with Gasteiger partial charge in [-0.25, -0.2) is 13.8 Å². The minimum atomic E-state index is -0.648. The summed E-state index contributed by atoms with van der Waals surface area (Å²) in [6, 6.07) is 7.23.